The van der Waals surface area contributed by atoms with Crippen molar-refractivity contribution in [3.05, 3.63) is 39.8 Å². The third kappa shape index (κ3) is 4.81. The molecule has 2 aromatic rings. The van der Waals surface area contributed by atoms with Crippen molar-refractivity contribution in [2.75, 3.05) is 26.4 Å². The highest BCUT2D eigenvalue weighted by Gasteiger charge is 2.28. The van der Waals surface area contributed by atoms with Crippen LogP contribution in [0.3, 0.4) is 0 Å². The molecule has 3 N–H and O–H groups in total. The van der Waals surface area contributed by atoms with Gasteiger partial charge in [0.05, 0.1) is 36.3 Å². The van der Waals surface area contributed by atoms with Crippen molar-refractivity contribution < 1.29 is 29.4 Å². The SMILES string of the molecule is CC(C)(CO)c1cc2cc([N+](=O)[O-])c(F)cc2n1C[C@H](O)COCCCO. The zero-order chi connectivity index (χ0) is 20.2. The average molecular weight is 384 g/mol. The number of halogens is 1. The minimum atomic E-state index is -0.964. The second-order valence-corrected chi connectivity index (χ2v) is 7.11. The standard InChI is InChI=1S/C18H25FN2O6/c1-18(2,11-23)17-7-12-6-16(21(25)26)14(19)8-15(12)20(17)9-13(24)10-27-5-3-4-22/h6-8,13,22-24H,3-5,9-11H2,1-2H3/t13-/m0/s1. The lowest BCUT2D eigenvalue weighted by Gasteiger charge is -2.26. The first-order valence-electron chi connectivity index (χ1n) is 8.66. The molecule has 150 valence electrons. The summed E-state index contributed by atoms with van der Waals surface area (Å²) in [6.45, 7) is 3.75. The highest BCUT2D eigenvalue weighted by molar-refractivity contribution is 5.84. The van der Waals surface area contributed by atoms with Gasteiger partial charge in [0.15, 0.2) is 0 Å². The quantitative estimate of drug-likeness (QED) is 0.326. The summed E-state index contributed by atoms with van der Waals surface area (Å²) in [6, 6.07) is 3.89. The second kappa shape index (κ2) is 8.75. The Labute approximate surface area is 155 Å². The maximum atomic E-state index is 14.1. The van der Waals surface area contributed by atoms with E-state index in [0.29, 0.717) is 29.6 Å². The van der Waals surface area contributed by atoms with Gasteiger partial charge < -0.3 is 24.6 Å². The van der Waals surface area contributed by atoms with Crippen molar-refractivity contribution in [1.29, 1.82) is 0 Å². The van der Waals surface area contributed by atoms with Gasteiger partial charge in [0, 0.05) is 41.8 Å². The fourth-order valence-electron chi connectivity index (χ4n) is 2.90. The van der Waals surface area contributed by atoms with Crippen LogP contribution in [0.25, 0.3) is 10.9 Å². The summed E-state index contributed by atoms with van der Waals surface area (Å²) in [4.78, 5) is 10.2. The Hall–Kier alpha value is -2.07. The molecule has 0 saturated carbocycles. The van der Waals surface area contributed by atoms with Gasteiger partial charge in [0.2, 0.25) is 5.82 Å². The molecule has 0 aliphatic rings. The first kappa shape index (κ1) is 21.2. The molecule has 1 aromatic heterocycles. The molecular weight excluding hydrogens is 359 g/mol. The number of nitro groups is 1. The Morgan fingerprint density at radius 2 is 2.04 bits per heavy atom. The van der Waals surface area contributed by atoms with E-state index in [1.54, 1.807) is 24.5 Å². The molecule has 1 atom stereocenters. The van der Waals surface area contributed by atoms with Gasteiger partial charge in [-0.2, -0.15) is 4.39 Å². The maximum Gasteiger partial charge on any atom is 0.305 e. The van der Waals surface area contributed by atoms with Crippen LogP contribution in [0.2, 0.25) is 0 Å². The molecule has 0 radical (unpaired) electrons. The van der Waals surface area contributed by atoms with E-state index in [4.69, 9.17) is 9.84 Å². The number of aromatic nitrogens is 1. The number of ether oxygens (including phenoxy) is 1. The van der Waals surface area contributed by atoms with E-state index in [1.807, 2.05) is 0 Å². The number of fused-ring (bicyclic) bond motifs is 1. The lowest BCUT2D eigenvalue weighted by atomic mass is 9.90. The lowest BCUT2D eigenvalue weighted by molar-refractivity contribution is -0.387. The van der Waals surface area contributed by atoms with E-state index in [1.165, 1.54) is 0 Å². The molecule has 1 aromatic carbocycles. The monoisotopic (exact) mass is 384 g/mol. The number of nitro benzene ring substituents is 1. The van der Waals surface area contributed by atoms with Crippen molar-refractivity contribution in [3.63, 3.8) is 0 Å². The van der Waals surface area contributed by atoms with Crippen molar-refractivity contribution in [1.82, 2.24) is 4.57 Å². The molecule has 9 heteroatoms. The van der Waals surface area contributed by atoms with Gasteiger partial charge in [0.25, 0.3) is 0 Å². The summed E-state index contributed by atoms with van der Waals surface area (Å²) in [5.74, 6) is -0.964. The van der Waals surface area contributed by atoms with Crippen molar-refractivity contribution >= 4 is 16.6 Å². The van der Waals surface area contributed by atoms with Crippen LogP contribution in [0.4, 0.5) is 10.1 Å². The van der Waals surface area contributed by atoms with Crippen LogP contribution < -0.4 is 0 Å². The number of aliphatic hydroxyl groups excluding tert-OH is 3. The Bertz CT molecular complexity index is 805. The largest absolute Gasteiger partial charge is 0.396 e. The predicted molar refractivity (Wildman–Crippen MR) is 97.2 cm³/mol. The van der Waals surface area contributed by atoms with E-state index in [2.05, 4.69) is 0 Å². The molecule has 8 nitrogen and oxygen atoms in total. The summed E-state index contributed by atoms with van der Waals surface area (Å²) in [7, 11) is 0. The van der Waals surface area contributed by atoms with Crippen LogP contribution in [0, 0.1) is 15.9 Å². The van der Waals surface area contributed by atoms with E-state index in [0.717, 1.165) is 12.1 Å². The van der Waals surface area contributed by atoms with Gasteiger partial charge in [-0.25, -0.2) is 0 Å². The smallest absolute Gasteiger partial charge is 0.305 e. The van der Waals surface area contributed by atoms with Gasteiger partial charge in [-0.1, -0.05) is 13.8 Å². The summed E-state index contributed by atoms with van der Waals surface area (Å²) >= 11 is 0. The molecule has 0 fully saturated rings. The summed E-state index contributed by atoms with van der Waals surface area (Å²) in [5, 5.41) is 40.2. The zero-order valence-corrected chi connectivity index (χ0v) is 15.4. The van der Waals surface area contributed by atoms with Gasteiger partial charge in [-0.3, -0.25) is 10.1 Å². The highest BCUT2D eigenvalue weighted by atomic mass is 19.1. The molecule has 0 spiro atoms. The minimum absolute atomic E-state index is 0.00870. The highest BCUT2D eigenvalue weighted by Crippen LogP contribution is 2.33. The Morgan fingerprint density at radius 3 is 2.63 bits per heavy atom. The molecule has 0 aliphatic heterocycles. The predicted octanol–water partition coefficient (Wildman–Crippen LogP) is 1.72. The van der Waals surface area contributed by atoms with Gasteiger partial charge >= 0.3 is 5.69 Å². The molecule has 0 saturated heterocycles. The number of hydrogen-bond donors (Lipinski definition) is 3. The molecular formula is C18H25FN2O6. The molecule has 0 amide bonds. The van der Waals surface area contributed by atoms with E-state index in [-0.39, 0.29) is 26.4 Å². The topological polar surface area (TPSA) is 118 Å². The maximum absolute atomic E-state index is 14.1. The van der Waals surface area contributed by atoms with Crippen LogP contribution in [0.5, 0.6) is 0 Å². The Balaban J connectivity index is 2.43. The fraction of sp³-hybridized carbons (Fsp3) is 0.556. The third-order valence-electron chi connectivity index (χ3n) is 4.41. The van der Waals surface area contributed by atoms with Crippen LogP contribution in [0.15, 0.2) is 18.2 Å². The first-order valence-corrected chi connectivity index (χ1v) is 8.66. The fourth-order valence-corrected chi connectivity index (χ4v) is 2.90. The van der Waals surface area contributed by atoms with E-state index in [9.17, 15) is 24.7 Å². The van der Waals surface area contributed by atoms with Crippen LogP contribution in [0.1, 0.15) is 26.0 Å². The summed E-state index contributed by atoms with van der Waals surface area (Å²) < 4.78 is 21.1. The van der Waals surface area contributed by atoms with E-state index < -0.39 is 27.9 Å². The Kier molecular flexibility index (Phi) is 6.88. The Morgan fingerprint density at radius 1 is 1.33 bits per heavy atom. The van der Waals surface area contributed by atoms with E-state index >= 15 is 0 Å². The molecule has 0 unspecified atom stereocenters. The zero-order valence-electron chi connectivity index (χ0n) is 15.4. The average Bonchev–Trinajstić information content (AvgIpc) is 2.96. The van der Waals surface area contributed by atoms with Gasteiger partial charge in [-0.15, -0.1) is 0 Å². The number of aliphatic hydroxyl groups is 3. The number of benzene rings is 1. The third-order valence-corrected chi connectivity index (χ3v) is 4.41. The lowest BCUT2D eigenvalue weighted by Crippen LogP contribution is -2.29. The molecule has 0 aliphatic carbocycles. The number of rotatable bonds is 10. The number of nitrogens with zero attached hydrogens (tertiary/aromatic N) is 2. The second-order valence-electron chi connectivity index (χ2n) is 7.11. The van der Waals surface area contributed by atoms with Gasteiger partial charge in [0.1, 0.15) is 0 Å². The van der Waals surface area contributed by atoms with Gasteiger partial charge in [-0.05, 0) is 12.5 Å². The summed E-state index contributed by atoms with van der Waals surface area (Å²) in [5.41, 5.74) is -0.318. The molecule has 1 heterocycles. The molecule has 27 heavy (non-hydrogen) atoms. The van der Waals surface area contributed by atoms with Crippen molar-refractivity contribution in [2.45, 2.75) is 38.3 Å². The number of hydrogen-bond acceptors (Lipinski definition) is 6. The molecule has 2 rings (SSSR count). The minimum Gasteiger partial charge on any atom is -0.396 e. The van der Waals surface area contributed by atoms with Crippen molar-refractivity contribution in [3.8, 4) is 0 Å². The summed E-state index contributed by atoms with van der Waals surface area (Å²) in [6.07, 6.45) is -0.456. The van der Waals surface area contributed by atoms with Crippen molar-refractivity contribution in [2.24, 2.45) is 0 Å². The normalized spacial score (nSPS) is 13.3. The van der Waals surface area contributed by atoms with Crippen LogP contribution in [-0.2, 0) is 16.7 Å². The van der Waals surface area contributed by atoms with Crippen LogP contribution >= 0.6 is 0 Å². The first-order chi connectivity index (χ1) is 12.7. The molecule has 0 bridgehead atoms. The van der Waals surface area contributed by atoms with Crippen LogP contribution in [-0.4, -0.2) is 57.3 Å².